The van der Waals surface area contributed by atoms with Crippen LogP contribution in [0.3, 0.4) is 0 Å². The Kier molecular flexibility index (Phi) is 4.87. The second-order valence-electron chi connectivity index (χ2n) is 6.73. The van der Waals surface area contributed by atoms with Crippen molar-refractivity contribution in [2.75, 3.05) is 19.7 Å². The zero-order valence-corrected chi connectivity index (χ0v) is 15.5. The molecule has 1 fully saturated rings. The number of aromatic nitrogens is 2. The molecule has 4 heterocycles. The number of nitrogens with zero attached hydrogens (tertiary/aromatic N) is 2. The van der Waals surface area contributed by atoms with E-state index in [0.717, 1.165) is 17.4 Å². The third kappa shape index (κ3) is 3.27. The van der Waals surface area contributed by atoms with E-state index in [9.17, 15) is 14.7 Å². The van der Waals surface area contributed by atoms with Crippen molar-refractivity contribution in [1.82, 2.24) is 14.9 Å². The number of β-amino-alcohol motifs (C(OH)–C–C–N with tert-alkyl or cyclic N) is 1. The van der Waals surface area contributed by atoms with Gasteiger partial charge in [-0.3, -0.25) is 4.79 Å². The standard InChI is InChI=1S/C20H21N3O5/c1-2-27-20(26)16-17(25)15(28-19(16)23-8-4-5-13(24)11-23)9-12-10-22-18-14(12)6-3-7-21-18/h3,6-7,9-10,13,24H,2,4-5,8,11H2,1H3,(H,21,22). The predicted octanol–water partition coefficient (Wildman–Crippen LogP) is 1.73. The summed E-state index contributed by atoms with van der Waals surface area (Å²) < 4.78 is 10.9. The van der Waals surface area contributed by atoms with Crippen LogP contribution in [0.5, 0.6) is 0 Å². The molecule has 28 heavy (non-hydrogen) atoms. The largest absolute Gasteiger partial charge is 0.462 e. The smallest absolute Gasteiger partial charge is 0.347 e. The maximum atomic E-state index is 13.0. The SMILES string of the molecule is CCOC(=O)C1=C(N2CCCC(O)C2)OC(=Cc2c[nH]c3ncccc23)C1=O. The number of H-pyrrole nitrogens is 1. The van der Waals surface area contributed by atoms with Crippen molar-refractivity contribution in [3.05, 3.63) is 47.3 Å². The Bertz CT molecular complexity index is 991. The predicted molar refractivity (Wildman–Crippen MR) is 101 cm³/mol. The molecule has 2 aromatic rings. The Labute approximate surface area is 161 Å². The van der Waals surface area contributed by atoms with Gasteiger partial charge in [0.05, 0.1) is 12.7 Å². The molecular formula is C20H21N3O5. The molecule has 0 radical (unpaired) electrons. The van der Waals surface area contributed by atoms with Crippen molar-refractivity contribution in [1.29, 1.82) is 0 Å². The summed E-state index contributed by atoms with van der Waals surface area (Å²) in [7, 11) is 0. The molecule has 1 unspecified atom stereocenters. The van der Waals surface area contributed by atoms with Crippen LogP contribution in [0, 0.1) is 0 Å². The van der Waals surface area contributed by atoms with Crippen molar-refractivity contribution in [3.63, 3.8) is 0 Å². The number of aromatic amines is 1. The minimum Gasteiger partial charge on any atom is -0.462 e. The Morgan fingerprint density at radius 3 is 3.18 bits per heavy atom. The van der Waals surface area contributed by atoms with E-state index >= 15 is 0 Å². The lowest BCUT2D eigenvalue weighted by molar-refractivity contribution is -0.139. The highest BCUT2D eigenvalue weighted by molar-refractivity contribution is 6.26. The fraction of sp³-hybridized carbons (Fsp3) is 0.350. The van der Waals surface area contributed by atoms with Crippen molar-refractivity contribution >= 4 is 28.9 Å². The number of Topliss-reactive ketones (excluding diaryl/α,β-unsaturated/α-hetero) is 1. The lowest BCUT2D eigenvalue weighted by Gasteiger charge is -2.31. The number of fused-ring (bicyclic) bond motifs is 1. The maximum Gasteiger partial charge on any atom is 0.347 e. The molecule has 2 N–H and O–H groups in total. The highest BCUT2D eigenvalue weighted by Gasteiger charge is 2.40. The number of allylic oxidation sites excluding steroid dienone is 1. The first-order valence-corrected chi connectivity index (χ1v) is 9.29. The molecule has 0 aliphatic carbocycles. The third-order valence-corrected chi connectivity index (χ3v) is 4.80. The number of rotatable bonds is 4. The molecule has 0 saturated carbocycles. The Balaban J connectivity index is 1.71. The van der Waals surface area contributed by atoms with Crippen LogP contribution in [0.1, 0.15) is 25.3 Å². The monoisotopic (exact) mass is 383 g/mol. The van der Waals surface area contributed by atoms with Crippen LogP contribution in [0.15, 0.2) is 41.7 Å². The van der Waals surface area contributed by atoms with Crippen molar-refractivity contribution in [2.45, 2.75) is 25.9 Å². The number of piperidine rings is 1. The van der Waals surface area contributed by atoms with Crippen LogP contribution >= 0.6 is 0 Å². The van der Waals surface area contributed by atoms with Crippen molar-refractivity contribution < 1.29 is 24.2 Å². The molecule has 1 atom stereocenters. The number of ether oxygens (including phenoxy) is 2. The minimum atomic E-state index is -0.716. The summed E-state index contributed by atoms with van der Waals surface area (Å²) in [4.78, 5) is 34.4. The van der Waals surface area contributed by atoms with Crippen LogP contribution in [0.4, 0.5) is 0 Å². The number of nitrogens with one attached hydrogen (secondary N) is 1. The first-order valence-electron chi connectivity index (χ1n) is 9.29. The van der Waals surface area contributed by atoms with Gasteiger partial charge in [-0.25, -0.2) is 9.78 Å². The van der Waals surface area contributed by atoms with Gasteiger partial charge in [0.15, 0.2) is 11.3 Å². The average Bonchev–Trinajstić information content (AvgIpc) is 3.24. The average molecular weight is 383 g/mol. The van der Waals surface area contributed by atoms with E-state index in [1.165, 1.54) is 0 Å². The molecule has 4 rings (SSSR count). The van der Waals surface area contributed by atoms with E-state index < -0.39 is 17.9 Å². The molecule has 0 aromatic carbocycles. The van der Waals surface area contributed by atoms with Crippen LogP contribution in [0.2, 0.25) is 0 Å². The molecular weight excluding hydrogens is 362 g/mol. The first kappa shape index (κ1) is 18.2. The summed E-state index contributed by atoms with van der Waals surface area (Å²) in [5.41, 5.74) is 1.30. The lowest BCUT2D eigenvalue weighted by atomic mass is 10.1. The van der Waals surface area contributed by atoms with E-state index in [1.54, 1.807) is 36.4 Å². The van der Waals surface area contributed by atoms with E-state index in [1.807, 2.05) is 6.07 Å². The highest BCUT2D eigenvalue weighted by atomic mass is 16.5. The number of ketones is 1. The minimum absolute atomic E-state index is 0.0443. The molecule has 0 amide bonds. The molecule has 8 heteroatoms. The number of carbonyl (C=O) groups excluding carboxylic acids is 2. The van der Waals surface area contributed by atoms with E-state index in [0.29, 0.717) is 25.2 Å². The van der Waals surface area contributed by atoms with Crippen LogP contribution in [0.25, 0.3) is 17.1 Å². The number of aliphatic hydroxyl groups excluding tert-OH is 1. The van der Waals surface area contributed by atoms with Gasteiger partial charge in [-0.2, -0.15) is 0 Å². The first-order chi connectivity index (χ1) is 13.6. The number of esters is 1. The molecule has 0 spiro atoms. The third-order valence-electron chi connectivity index (χ3n) is 4.80. The summed E-state index contributed by atoms with van der Waals surface area (Å²) >= 11 is 0. The van der Waals surface area contributed by atoms with E-state index in [2.05, 4.69) is 9.97 Å². The highest BCUT2D eigenvalue weighted by Crippen LogP contribution is 2.32. The fourth-order valence-electron chi connectivity index (χ4n) is 3.50. The normalized spacial score (nSPS) is 21.5. The van der Waals surface area contributed by atoms with Gasteiger partial charge in [0.2, 0.25) is 11.7 Å². The molecule has 2 aliphatic heterocycles. The molecule has 8 nitrogen and oxygen atoms in total. The number of pyridine rings is 1. The Hall–Kier alpha value is -3.13. The summed E-state index contributed by atoms with van der Waals surface area (Å²) in [6.45, 7) is 2.72. The summed E-state index contributed by atoms with van der Waals surface area (Å²) in [5.74, 6) is -1.03. The summed E-state index contributed by atoms with van der Waals surface area (Å²) in [6, 6.07) is 3.69. The second-order valence-corrected chi connectivity index (χ2v) is 6.73. The lowest BCUT2D eigenvalue weighted by Crippen LogP contribution is -2.38. The number of likely N-dealkylation sites (tertiary alicyclic amines) is 1. The van der Waals surface area contributed by atoms with E-state index in [4.69, 9.17) is 9.47 Å². The Morgan fingerprint density at radius 2 is 2.39 bits per heavy atom. The molecule has 2 aromatic heterocycles. The van der Waals surface area contributed by atoms with Crippen LogP contribution in [-0.4, -0.2) is 57.5 Å². The van der Waals surface area contributed by atoms with Crippen LogP contribution < -0.4 is 0 Å². The number of hydrogen-bond acceptors (Lipinski definition) is 7. The van der Waals surface area contributed by atoms with Gasteiger partial charge in [-0.05, 0) is 38.0 Å². The second kappa shape index (κ2) is 7.47. The molecule has 1 saturated heterocycles. The van der Waals surface area contributed by atoms with Gasteiger partial charge in [0.25, 0.3) is 0 Å². The van der Waals surface area contributed by atoms with Gasteiger partial charge in [0.1, 0.15) is 5.65 Å². The Morgan fingerprint density at radius 1 is 1.54 bits per heavy atom. The van der Waals surface area contributed by atoms with Gasteiger partial charge < -0.3 is 24.5 Å². The molecule has 0 bridgehead atoms. The maximum absolute atomic E-state index is 13.0. The van der Waals surface area contributed by atoms with Crippen LogP contribution in [-0.2, 0) is 19.1 Å². The number of hydrogen-bond donors (Lipinski definition) is 2. The molecule has 146 valence electrons. The quantitative estimate of drug-likeness (QED) is 0.471. The van der Waals surface area contributed by atoms with Gasteiger partial charge >= 0.3 is 5.97 Å². The van der Waals surface area contributed by atoms with Gasteiger partial charge in [-0.1, -0.05) is 0 Å². The van der Waals surface area contributed by atoms with Crippen molar-refractivity contribution in [3.8, 4) is 0 Å². The summed E-state index contributed by atoms with van der Waals surface area (Å²) in [6.07, 6.45) is 5.88. The zero-order chi connectivity index (χ0) is 19.7. The number of carbonyl (C=O) groups is 2. The van der Waals surface area contributed by atoms with Crippen molar-refractivity contribution in [2.24, 2.45) is 0 Å². The van der Waals surface area contributed by atoms with E-state index in [-0.39, 0.29) is 23.8 Å². The van der Waals surface area contributed by atoms with Gasteiger partial charge in [-0.15, -0.1) is 0 Å². The number of aliphatic hydroxyl groups is 1. The summed E-state index contributed by atoms with van der Waals surface area (Å²) in [5, 5.41) is 10.8. The topological polar surface area (TPSA) is 105 Å². The van der Waals surface area contributed by atoms with Gasteiger partial charge in [0, 0.05) is 36.4 Å². The molecule has 2 aliphatic rings. The fourth-order valence-corrected chi connectivity index (χ4v) is 3.50. The zero-order valence-electron chi connectivity index (χ0n) is 15.5.